The van der Waals surface area contributed by atoms with Crippen molar-refractivity contribution in [3.63, 3.8) is 0 Å². The summed E-state index contributed by atoms with van der Waals surface area (Å²) in [5, 5.41) is 5.96. The van der Waals surface area contributed by atoms with Crippen molar-refractivity contribution in [3.8, 4) is 0 Å². The van der Waals surface area contributed by atoms with Gasteiger partial charge in [0.05, 0.1) is 16.4 Å². The van der Waals surface area contributed by atoms with E-state index in [0.717, 1.165) is 12.1 Å². The lowest BCUT2D eigenvalue weighted by Gasteiger charge is -2.10. The highest BCUT2D eigenvalue weighted by atomic mass is 35.5. The first-order chi connectivity index (χ1) is 11.5. The number of benzene rings is 2. The Bertz CT molecular complexity index is 889. The zero-order chi connectivity index (χ0) is 17.1. The van der Waals surface area contributed by atoms with E-state index in [-0.39, 0.29) is 17.5 Å². The summed E-state index contributed by atoms with van der Waals surface area (Å²) >= 11 is 6.04. The van der Waals surface area contributed by atoms with Gasteiger partial charge in [-0.15, -0.1) is 0 Å². The van der Waals surface area contributed by atoms with Gasteiger partial charge < -0.3 is 10.6 Å². The van der Waals surface area contributed by atoms with E-state index in [1.54, 1.807) is 24.3 Å². The number of para-hydroxylation sites is 1. The predicted octanol–water partition coefficient (Wildman–Crippen LogP) is 5.03. The van der Waals surface area contributed by atoms with Crippen molar-refractivity contribution < 1.29 is 13.2 Å². The van der Waals surface area contributed by atoms with Crippen LogP contribution in [0.25, 0.3) is 0 Å². The molecule has 0 saturated heterocycles. The molecule has 8 heteroatoms. The topological polar surface area (TPSA) is 49.8 Å². The van der Waals surface area contributed by atoms with Crippen LogP contribution in [-0.4, -0.2) is 9.97 Å². The van der Waals surface area contributed by atoms with Crippen molar-refractivity contribution >= 4 is 34.7 Å². The average Bonchev–Trinajstić information content (AvgIpc) is 2.58. The number of aromatic nitrogens is 2. The van der Waals surface area contributed by atoms with Gasteiger partial charge >= 0.3 is 0 Å². The summed E-state index contributed by atoms with van der Waals surface area (Å²) in [5.41, 5.74) is 0.353. The number of nitrogens with zero attached hydrogens (tertiary/aromatic N) is 2. The first kappa shape index (κ1) is 16.1. The molecule has 0 aliphatic carbocycles. The third kappa shape index (κ3) is 3.41. The van der Waals surface area contributed by atoms with E-state index in [4.69, 9.17) is 11.6 Å². The molecule has 0 aliphatic rings. The van der Waals surface area contributed by atoms with E-state index in [2.05, 4.69) is 20.6 Å². The minimum absolute atomic E-state index is 0.199. The summed E-state index contributed by atoms with van der Waals surface area (Å²) in [6.45, 7) is 0. The normalized spacial score (nSPS) is 10.5. The van der Waals surface area contributed by atoms with Crippen LogP contribution in [0.1, 0.15) is 0 Å². The number of rotatable bonds is 4. The molecule has 0 atom stereocenters. The van der Waals surface area contributed by atoms with E-state index in [1.165, 1.54) is 12.3 Å². The van der Waals surface area contributed by atoms with Crippen LogP contribution in [0.5, 0.6) is 0 Å². The highest BCUT2D eigenvalue weighted by Crippen LogP contribution is 2.25. The van der Waals surface area contributed by atoms with Gasteiger partial charge in [-0.1, -0.05) is 23.7 Å². The molecule has 0 aliphatic heterocycles. The van der Waals surface area contributed by atoms with E-state index in [1.807, 2.05) is 0 Å². The first-order valence-electron chi connectivity index (χ1n) is 6.79. The molecule has 3 rings (SSSR count). The fraction of sp³-hybridized carbons (Fsp3) is 0. The third-order valence-electron chi connectivity index (χ3n) is 3.07. The van der Waals surface area contributed by atoms with E-state index in [9.17, 15) is 13.2 Å². The molecule has 1 heterocycles. The van der Waals surface area contributed by atoms with Gasteiger partial charge in [-0.05, 0) is 30.3 Å². The molecule has 0 radical (unpaired) electrons. The molecule has 24 heavy (non-hydrogen) atoms. The molecule has 0 fully saturated rings. The average molecular weight is 351 g/mol. The molecule has 0 amide bonds. The second kappa shape index (κ2) is 6.76. The van der Waals surface area contributed by atoms with Crippen molar-refractivity contribution in [1.29, 1.82) is 0 Å². The van der Waals surface area contributed by atoms with Gasteiger partial charge in [-0.3, -0.25) is 0 Å². The maximum atomic E-state index is 13.7. The number of hydrogen-bond acceptors (Lipinski definition) is 4. The van der Waals surface area contributed by atoms with Gasteiger partial charge in [-0.25, -0.2) is 18.2 Å². The highest BCUT2D eigenvalue weighted by Gasteiger charge is 2.14. The number of halogens is 4. The van der Waals surface area contributed by atoms with Crippen LogP contribution in [0.15, 0.2) is 48.7 Å². The van der Waals surface area contributed by atoms with Crippen LogP contribution in [-0.2, 0) is 0 Å². The lowest BCUT2D eigenvalue weighted by Crippen LogP contribution is -2.03. The minimum Gasteiger partial charge on any atom is -0.338 e. The second-order valence-corrected chi connectivity index (χ2v) is 5.13. The Morgan fingerprint density at radius 1 is 0.833 bits per heavy atom. The van der Waals surface area contributed by atoms with Crippen LogP contribution >= 0.6 is 11.6 Å². The Hall–Kier alpha value is -2.80. The summed E-state index contributed by atoms with van der Waals surface area (Å²) in [7, 11) is 0. The summed E-state index contributed by atoms with van der Waals surface area (Å²) in [5.74, 6) is -3.74. The van der Waals surface area contributed by atoms with Crippen LogP contribution in [0, 0.1) is 17.5 Å². The smallest absolute Gasteiger partial charge is 0.229 e. The Morgan fingerprint density at radius 2 is 1.62 bits per heavy atom. The standard InChI is InChI=1S/C16H10ClF3N4/c17-9-3-1-2-4-11(9)23-16-21-8-7-13(24-16)22-12-6-5-10(18)14(19)15(12)20/h1-8H,(H2,21,22,23,24). The van der Waals surface area contributed by atoms with Crippen molar-refractivity contribution in [1.82, 2.24) is 9.97 Å². The Balaban J connectivity index is 1.84. The molecule has 0 bridgehead atoms. The maximum Gasteiger partial charge on any atom is 0.229 e. The largest absolute Gasteiger partial charge is 0.338 e. The monoisotopic (exact) mass is 350 g/mol. The maximum absolute atomic E-state index is 13.7. The van der Waals surface area contributed by atoms with E-state index < -0.39 is 17.5 Å². The van der Waals surface area contributed by atoms with Gasteiger partial charge in [0, 0.05) is 6.20 Å². The molecule has 0 spiro atoms. The number of nitrogens with one attached hydrogen (secondary N) is 2. The molecule has 3 aromatic rings. The van der Waals surface area contributed by atoms with Crippen molar-refractivity contribution in [3.05, 3.63) is 71.1 Å². The Morgan fingerprint density at radius 3 is 2.42 bits per heavy atom. The highest BCUT2D eigenvalue weighted by molar-refractivity contribution is 6.33. The molecular weight excluding hydrogens is 341 g/mol. The van der Waals surface area contributed by atoms with Crippen LogP contribution in [0.2, 0.25) is 5.02 Å². The Labute approximate surface area is 140 Å². The Kier molecular flexibility index (Phi) is 4.52. The van der Waals surface area contributed by atoms with Gasteiger partial charge in [0.25, 0.3) is 0 Å². The molecule has 0 unspecified atom stereocenters. The zero-order valence-corrected chi connectivity index (χ0v) is 12.8. The van der Waals surface area contributed by atoms with Crippen molar-refractivity contribution in [2.24, 2.45) is 0 Å². The molecule has 4 nitrogen and oxygen atoms in total. The van der Waals surface area contributed by atoms with Crippen LogP contribution < -0.4 is 10.6 Å². The van der Waals surface area contributed by atoms with Gasteiger partial charge in [0.1, 0.15) is 5.82 Å². The number of anilines is 4. The fourth-order valence-electron chi connectivity index (χ4n) is 1.93. The van der Waals surface area contributed by atoms with Crippen molar-refractivity contribution in [2.75, 3.05) is 10.6 Å². The van der Waals surface area contributed by atoms with Crippen LogP contribution in [0.3, 0.4) is 0 Å². The predicted molar refractivity (Wildman–Crippen MR) is 86.4 cm³/mol. The zero-order valence-electron chi connectivity index (χ0n) is 12.0. The SMILES string of the molecule is Fc1ccc(Nc2ccnc(Nc3ccccc3Cl)n2)c(F)c1F. The van der Waals surface area contributed by atoms with Crippen LogP contribution in [0.4, 0.5) is 36.3 Å². The summed E-state index contributed by atoms with van der Waals surface area (Å²) in [6, 6.07) is 10.4. The summed E-state index contributed by atoms with van der Waals surface area (Å²) in [6.07, 6.45) is 1.42. The lowest BCUT2D eigenvalue weighted by molar-refractivity contribution is 0.449. The molecule has 1 aromatic heterocycles. The van der Waals surface area contributed by atoms with Gasteiger partial charge in [0.2, 0.25) is 5.95 Å². The van der Waals surface area contributed by atoms with E-state index >= 15 is 0 Å². The second-order valence-electron chi connectivity index (χ2n) is 4.72. The molecule has 2 aromatic carbocycles. The fourth-order valence-corrected chi connectivity index (χ4v) is 2.11. The quantitative estimate of drug-likeness (QED) is 0.648. The molecule has 0 saturated carbocycles. The minimum atomic E-state index is -1.55. The third-order valence-corrected chi connectivity index (χ3v) is 3.40. The van der Waals surface area contributed by atoms with Gasteiger partial charge in [0.15, 0.2) is 17.5 Å². The van der Waals surface area contributed by atoms with Gasteiger partial charge in [-0.2, -0.15) is 4.98 Å². The summed E-state index contributed by atoms with van der Waals surface area (Å²) in [4.78, 5) is 8.15. The molecular formula is C16H10ClF3N4. The molecule has 2 N–H and O–H groups in total. The van der Waals surface area contributed by atoms with Crippen molar-refractivity contribution in [2.45, 2.75) is 0 Å². The molecule has 122 valence electrons. The number of hydrogen-bond donors (Lipinski definition) is 2. The lowest BCUT2D eigenvalue weighted by atomic mass is 10.3. The first-order valence-corrected chi connectivity index (χ1v) is 7.17. The summed E-state index contributed by atoms with van der Waals surface area (Å²) < 4.78 is 39.9. The van der Waals surface area contributed by atoms with E-state index in [0.29, 0.717) is 10.7 Å².